The van der Waals surface area contributed by atoms with Gasteiger partial charge in [-0.3, -0.25) is 0 Å². The molecule has 9 rings (SSSR count). The van der Waals surface area contributed by atoms with Crippen molar-refractivity contribution in [3.8, 4) is 22.3 Å². The summed E-state index contributed by atoms with van der Waals surface area (Å²) in [6.45, 7) is 0. The van der Waals surface area contributed by atoms with Crippen LogP contribution in [-0.4, -0.2) is 0 Å². The Morgan fingerprint density at radius 3 is 1.49 bits per heavy atom. The van der Waals surface area contributed by atoms with Gasteiger partial charge in [-0.2, -0.15) is 0 Å². The van der Waals surface area contributed by atoms with E-state index in [-0.39, 0.29) is 0 Å². The standard InChI is InChI=1S/C42H27NO2/c1-3-10-28(11-4-1)30-18-22-32(23-19-30)43(33-24-20-31(21-25-33)29-12-5-2-6-13-29)38-16-9-15-35-37-26-36-34-14-7-8-17-39(34)44-40(36)27-41(37)45-42(35)38/h1-27H. The largest absolute Gasteiger partial charge is 0.456 e. The van der Waals surface area contributed by atoms with Crippen LogP contribution in [0.15, 0.2) is 173 Å². The summed E-state index contributed by atoms with van der Waals surface area (Å²) >= 11 is 0. The molecule has 0 atom stereocenters. The lowest BCUT2D eigenvalue weighted by molar-refractivity contribution is 0.656. The van der Waals surface area contributed by atoms with Crippen molar-refractivity contribution in [2.45, 2.75) is 0 Å². The predicted octanol–water partition coefficient (Wildman–Crippen LogP) is 12.3. The molecule has 2 aromatic heterocycles. The molecule has 3 nitrogen and oxygen atoms in total. The van der Waals surface area contributed by atoms with Crippen LogP contribution in [0.5, 0.6) is 0 Å². The van der Waals surface area contributed by atoms with Crippen LogP contribution in [0.4, 0.5) is 17.1 Å². The van der Waals surface area contributed by atoms with Crippen LogP contribution in [0.3, 0.4) is 0 Å². The third kappa shape index (κ3) is 4.29. The molecule has 0 spiro atoms. The van der Waals surface area contributed by atoms with E-state index >= 15 is 0 Å². The van der Waals surface area contributed by atoms with E-state index in [4.69, 9.17) is 8.83 Å². The van der Waals surface area contributed by atoms with Gasteiger partial charge in [0.1, 0.15) is 16.7 Å². The number of furan rings is 2. The summed E-state index contributed by atoms with van der Waals surface area (Å²) in [4.78, 5) is 2.29. The number of hydrogen-bond acceptors (Lipinski definition) is 3. The molecule has 212 valence electrons. The van der Waals surface area contributed by atoms with Crippen LogP contribution < -0.4 is 4.90 Å². The molecule has 7 aromatic carbocycles. The van der Waals surface area contributed by atoms with Crippen LogP contribution in [0.25, 0.3) is 66.1 Å². The van der Waals surface area contributed by atoms with E-state index in [0.717, 1.165) is 60.9 Å². The quantitative estimate of drug-likeness (QED) is 0.204. The molecule has 0 saturated carbocycles. The number of hydrogen-bond donors (Lipinski definition) is 0. The molecule has 0 unspecified atom stereocenters. The van der Waals surface area contributed by atoms with Crippen LogP contribution in [0, 0.1) is 0 Å². The molecule has 0 aliphatic carbocycles. The average molecular weight is 578 g/mol. The van der Waals surface area contributed by atoms with E-state index < -0.39 is 0 Å². The third-order valence-corrected chi connectivity index (χ3v) is 8.68. The lowest BCUT2D eigenvalue weighted by Crippen LogP contribution is -2.10. The van der Waals surface area contributed by atoms with Crippen molar-refractivity contribution in [2.24, 2.45) is 0 Å². The van der Waals surface area contributed by atoms with Gasteiger partial charge in [0.15, 0.2) is 5.58 Å². The maximum absolute atomic E-state index is 6.70. The van der Waals surface area contributed by atoms with Crippen molar-refractivity contribution in [2.75, 3.05) is 4.90 Å². The van der Waals surface area contributed by atoms with Gasteiger partial charge in [0.25, 0.3) is 0 Å². The van der Waals surface area contributed by atoms with Crippen molar-refractivity contribution in [3.05, 3.63) is 164 Å². The highest BCUT2D eigenvalue weighted by Gasteiger charge is 2.21. The molecule has 9 aromatic rings. The highest BCUT2D eigenvalue weighted by Crippen LogP contribution is 2.44. The maximum Gasteiger partial charge on any atom is 0.159 e. The Balaban J connectivity index is 1.23. The van der Waals surface area contributed by atoms with Crippen LogP contribution in [0.2, 0.25) is 0 Å². The molecule has 0 N–H and O–H groups in total. The molecular formula is C42H27NO2. The summed E-state index contributed by atoms with van der Waals surface area (Å²) in [7, 11) is 0. The summed E-state index contributed by atoms with van der Waals surface area (Å²) in [6, 6.07) is 57.3. The molecular weight excluding hydrogens is 550 g/mol. The van der Waals surface area contributed by atoms with E-state index in [2.05, 4.69) is 138 Å². The number of fused-ring (bicyclic) bond motifs is 6. The van der Waals surface area contributed by atoms with E-state index in [9.17, 15) is 0 Å². The van der Waals surface area contributed by atoms with Crippen molar-refractivity contribution in [1.29, 1.82) is 0 Å². The second kappa shape index (κ2) is 10.3. The first-order chi connectivity index (χ1) is 22.3. The summed E-state index contributed by atoms with van der Waals surface area (Å²) in [5.74, 6) is 0. The molecule has 0 bridgehead atoms. The molecule has 0 saturated heterocycles. The molecule has 0 fully saturated rings. The van der Waals surface area contributed by atoms with E-state index in [0.29, 0.717) is 0 Å². The van der Waals surface area contributed by atoms with Gasteiger partial charge in [-0.1, -0.05) is 115 Å². The van der Waals surface area contributed by atoms with Gasteiger partial charge in [0, 0.05) is 39.0 Å². The zero-order valence-electron chi connectivity index (χ0n) is 24.4. The van der Waals surface area contributed by atoms with Gasteiger partial charge in [-0.25, -0.2) is 0 Å². The first-order valence-electron chi connectivity index (χ1n) is 15.2. The Labute approximate surface area is 260 Å². The highest BCUT2D eigenvalue weighted by molar-refractivity contribution is 6.17. The maximum atomic E-state index is 6.70. The molecule has 3 heteroatoms. The summed E-state index contributed by atoms with van der Waals surface area (Å²) < 4.78 is 12.9. The Kier molecular flexibility index (Phi) is 5.82. The second-order valence-corrected chi connectivity index (χ2v) is 11.4. The van der Waals surface area contributed by atoms with Crippen LogP contribution >= 0.6 is 0 Å². The summed E-state index contributed by atoms with van der Waals surface area (Å²) in [5.41, 5.74) is 11.2. The topological polar surface area (TPSA) is 29.5 Å². The van der Waals surface area contributed by atoms with E-state index in [1.807, 2.05) is 30.3 Å². The minimum absolute atomic E-state index is 0.808. The first kappa shape index (κ1) is 25.4. The fourth-order valence-corrected chi connectivity index (χ4v) is 6.47. The van der Waals surface area contributed by atoms with Gasteiger partial charge in [-0.05, 0) is 64.7 Å². The molecule has 0 aliphatic heterocycles. The Bertz CT molecular complexity index is 2370. The van der Waals surface area contributed by atoms with Gasteiger partial charge < -0.3 is 13.7 Å². The second-order valence-electron chi connectivity index (χ2n) is 11.4. The van der Waals surface area contributed by atoms with Crippen molar-refractivity contribution < 1.29 is 8.83 Å². The van der Waals surface area contributed by atoms with E-state index in [1.54, 1.807) is 0 Å². The summed E-state index contributed by atoms with van der Waals surface area (Å²) in [6.07, 6.45) is 0. The predicted molar refractivity (Wildman–Crippen MR) is 187 cm³/mol. The fourth-order valence-electron chi connectivity index (χ4n) is 6.47. The zero-order valence-corrected chi connectivity index (χ0v) is 24.4. The Morgan fingerprint density at radius 1 is 0.333 bits per heavy atom. The minimum atomic E-state index is 0.808. The average Bonchev–Trinajstić information content (AvgIpc) is 3.66. The lowest BCUT2D eigenvalue weighted by Gasteiger charge is -2.26. The fraction of sp³-hybridized carbons (Fsp3) is 0. The van der Waals surface area contributed by atoms with Crippen LogP contribution in [0.1, 0.15) is 0 Å². The Hall–Kier alpha value is -6.06. The summed E-state index contributed by atoms with van der Waals surface area (Å²) in [5, 5.41) is 4.35. The number of rotatable bonds is 5. The van der Waals surface area contributed by atoms with Gasteiger partial charge in [0.05, 0.1) is 5.69 Å². The van der Waals surface area contributed by atoms with Gasteiger partial charge in [0.2, 0.25) is 0 Å². The smallest absolute Gasteiger partial charge is 0.159 e. The first-order valence-corrected chi connectivity index (χ1v) is 15.2. The van der Waals surface area contributed by atoms with Gasteiger partial charge >= 0.3 is 0 Å². The zero-order chi connectivity index (χ0) is 29.7. The molecule has 45 heavy (non-hydrogen) atoms. The number of benzene rings is 7. The molecule has 0 aliphatic rings. The van der Waals surface area contributed by atoms with Crippen molar-refractivity contribution in [3.63, 3.8) is 0 Å². The highest BCUT2D eigenvalue weighted by atomic mass is 16.3. The molecule has 0 radical (unpaired) electrons. The van der Waals surface area contributed by atoms with Crippen molar-refractivity contribution >= 4 is 60.9 Å². The normalized spacial score (nSPS) is 11.6. The van der Waals surface area contributed by atoms with Gasteiger partial charge in [-0.15, -0.1) is 0 Å². The number of anilines is 3. The molecule has 2 heterocycles. The Morgan fingerprint density at radius 2 is 0.844 bits per heavy atom. The van der Waals surface area contributed by atoms with Crippen molar-refractivity contribution in [1.82, 2.24) is 0 Å². The SMILES string of the molecule is c1ccc(-c2ccc(N(c3ccc(-c4ccccc4)cc3)c3cccc4c3oc3cc5oc6ccccc6c5cc34)cc2)cc1. The lowest BCUT2D eigenvalue weighted by atomic mass is 10.0. The molecule has 0 amide bonds. The minimum Gasteiger partial charge on any atom is -0.456 e. The third-order valence-electron chi connectivity index (χ3n) is 8.68. The van der Waals surface area contributed by atoms with Crippen LogP contribution in [-0.2, 0) is 0 Å². The number of para-hydroxylation sites is 2. The van der Waals surface area contributed by atoms with E-state index in [1.165, 1.54) is 22.3 Å². The monoisotopic (exact) mass is 577 g/mol. The number of nitrogens with zero attached hydrogens (tertiary/aromatic N) is 1.